The quantitative estimate of drug-likeness (QED) is 0.838. The Morgan fingerprint density at radius 1 is 1.19 bits per heavy atom. The van der Waals surface area contributed by atoms with Crippen LogP contribution in [-0.4, -0.2) is 34.5 Å². The van der Waals surface area contributed by atoms with E-state index < -0.39 is 0 Å². The predicted octanol–water partition coefficient (Wildman–Crippen LogP) is 1.23. The van der Waals surface area contributed by atoms with E-state index in [2.05, 4.69) is 27.6 Å². The second-order valence-electron chi connectivity index (χ2n) is 5.13. The maximum atomic E-state index is 5.59. The monoisotopic (exact) mass is 288 g/mol. The third-order valence-corrected chi connectivity index (χ3v) is 3.66. The first-order chi connectivity index (χ1) is 10.2. The predicted molar refractivity (Wildman–Crippen MR) is 78.6 cm³/mol. The van der Waals surface area contributed by atoms with Crippen molar-refractivity contribution in [2.24, 2.45) is 7.05 Å². The molecule has 0 saturated heterocycles. The summed E-state index contributed by atoms with van der Waals surface area (Å²) in [5, 5.41) is 11.6. The molecule has 0 spiro atoms. The van der Waals surface area contributed by atoms with Crippen LogP contribution in [0.15, 0.2) is 18.2 Å². The normalized spacial score (nSPS) is 13.4. The van der Waals surface area contributed by atoms with Gasteiger partial charge in [-0.15, -0.1) is 10.2 Å². The third-order valence-electron chi connectivity index (χ3n) is 3.66. The van der Waals surface area contributed by atoms with Crippen LogP contribution in [0.1, 0.15) is 17.2 Å². The summed E-state index contributed by atoms with van der Waals surface area (Å²) in [7, 11) is 1.98. The van der Waals surface area contributed by atoms with Crippen LogP contribution in [0, 0.1) is 6.92 Å². The lowest BCUT2D eigenvalue weighted by Gasteiger charge is -2.18. The number of fused-ring (bicyclic) bond motifs is 1. The first kappa shape index (κ1) is 13.9. The molecule has 1 aromatic heterocycles. The molecule has 1 aliphatic heterocycles. The van der Waals surface area contributed by atoms with Gasteiger partial charge in [-0.2, -0.15) is 0 Å². The van der Waals surface area contributed by atoms with Crippen LogP contribution in [0.4, 0.5) is 0 Å². The highest BCUT2D eigenvalue weighted by atomic mass is 16.6. The van der Waals surface area contributed by atoms with Gasteiger partial charge in [0.1, 0.15) is 24.9 Å². The van der Waals surface area contributed by atoms with Crippen LogP contribution in [0.5, 0.6) is 11.5 Å². The topological polar surface area (TPSA) is 61.2 Å². The van der Waals surface area contributed by atoms with Gasteiger partial charge >= 0.3 is 0 Å². The maximum Gasteiger partial charge on any atom is 0.161 e. The van der Waals surface area contributed by atoms with Gasteiger partial charge in [0.2, 0.25) is 0 Å². The fourth-order valence-electron chi connectivity index (χ4n) is 2.28. The van der Waals surface area contributed by atoms with Gasteiger partial charge < -0.3 is 19.4 Å². The molecule has 6 heteroatoms. The molecule has 0 radical (unpaired) electrons. The summed E-state index contributed by atoms with van der Waals surface area (Å²) in [5.41, 5.74) is 1.24. The number of aryl methyl sites for hydroxylation is 1. The molecule has 0 unspecified atom stereocenters. The van der Waals surface area contributed by atoms with Gasteiger partial charge in [0, 0.05) is 7.05 Å². The highest BCUT2D eigenvalue weighted by Gasteiger charge is 2.11. The van der Waals surface area contributed by atoms with E-state index >= 15 is 0 Å². The molecule has 2 aromatic rings. The maximum absolute atomic E-state index is 5.59. The Morgan fingerprint density at radius 3 is 2.76 bits per heavy atom. The molecule has 1 N–H and O–H groups in total. The number of hydrogen-bond acceptors (Lipinski definition) is 5. The molecule has 0 saturated carbocycles. The molecule has 1 aliphatic rings. The van der Waals surface area contributed by atoms with Gasteiger partial charge in [0.05, 0.1) is 6.54 Å². The molecule has 6 nitrogen and oxygen atoms in total. The lowest BCUT2D eigenvalue weighted by Crippen LogP contribution is -2.19. The number of nitrogens with zero attached hydrogens (tertiary/aromatic N) is 3. The standard InChI is InChI=1S/C15H20N4O2/c1-11-17-18-15(19(11)2)10-16-6-5-12-3-4-13-14(9-12)21-8-7-20-13/h3-4,9,16H,5-8,10H2,1-2H3. The Balaban J connectivity index is 1.50. The first-order valence-electron chi connectivity index (χ1n) is 7.18. The van der Waals surface area contributed by atoms with Crippen molar-refractivity contribution in [3.8, 4) is 11.5 Å². The Kier molecular flexibility index (Phi) is 4.06. The van der Waals surface area contributed by atoms with E-state index in [1.807, 2.05) is 24.6 Å². The second-order valence-corrected chi connectivity index (χ2v) is 5.13. The van der Waals surface area contributed by atoms with Crippen molar-refractivity contribution >= 4 is 0 Å². The van der Waals surface area contributed by atoms with Gasteiger partial charge in [-0.25, -0.2) is 0 Å². The van der Waals surface area contributed by atoms with Crippen molar-refractivity contribution in [1.29, 1.82) is 0 Å². The summed E-state index contributed by atoms with van der Waals surface area (Å²) < 4.78 is 13.1. The summed E-state index contributed by atoms with van der Waals surface area (Å²) in [6.45, 7) is 4.81. The summed E-state index contributed by atoms with van der Waals surface area (Å²) in [6, 6.07) is 6.13. The number of ether oxygens (including phenoxy) is 2. The molecule has 1 aromatic carbocycles. The molecule has 3 rings (SSSR count). The van der Waals surface area contributed by atoms with Crippen LogP contribution < -0.4 is 14.8 Å². The van der Waals surface area contributed by atoms with Crippen LogP contribution >= 0.6 is 0 Å². The van der Waals surface area contributed by atoms with Crippen molar-refractivity contribution in [1.82, 2.24) is 20.1 Å². The van der Waals surface area contributed by atoms with Gasteiger partial charge in [0.15, 0.2) is 11.5 Å². The smallest absolute Gasteiger partial charge is 0.161 e. The molecule has 0 atom stereocenters. The summed E-state index contributed by atoms with van der Waals surface area (Å²) in [5.74, 6) is 3.57. The average Bonchev–Trinajstić information content (AvgIpc) is 2.83. The minimum absolute atomic E-state index is 0.625. The van der Waals surface area contributed by atoms with Crippen molar-refractivity contribution in [3.63, 3.8) is 0 Å². The Morgan fingerprint density at radius 2 is 2.00 bits per heavy atom. The van der Waals surface area contributed by atoms with Gasteiger partial charge in [-0.1, -0.05) is 6.07 Å². The lowest BCUT2D eigenvalue weighted by atomic mass is 10.1. The van der Waals surface area contributed by atoms with Crippen LogP contribution in [-0.2, 0) is 20.0 Å². The van der Waals surface area contributed by atoms with Crippen molar-refractivity contribution < 1.29 is 9.47 Å². The number of rotatable bonds is 5. The molecular weight excluding hydrogens is 268 g/mol. The number of benzene rings is 1. The Bertz CT molecular complexity index is 624. The third kappa shape index (κ3) is 3.16. The number of nitrogens with one attached hydrogen (secondary N) is 1. The Labute approximate surface area is 124 Å². The lowest BCUT2D eigenvalue weighted by molar-refractivity contribution is 0.171. The summed E-state index contributed by atoms with van der Waals surface area (Å²) in [4.78, 5) is 0. The zero-order chi connectivity index (χ0) is 14.7. The Hall–Kier alpha value is -2.08. The van der Waals surface area contributed by atoms with E-state index in [9.17, 15) is 0 Å². The van der Waals surface area contributed by atoms with Gasteiger partial charge in [0.25, 0.3) is 0 Å². The van der Waals surface area contributed by atoms with Crippen molar-refractivity contribution in [2.45, 2.75) is 19.9 Å². The summed E-state index contributed by atoms with van der Waals surface area (Å²) >= 11 is 0. The van der Waals surface area contributed by atoms with Crippen LogP contribution in [0.3, 0.4) is 0 Å². The minimum atomic E-state index is 0.625. The summed E-state index contributed by atoms with van der Waals surface area (Å²) in [6.07, 6.45) is 0.938. The minimum Gasteiger partial charge on any atom is -0.486 e. The van der Waals surface area contributed by atoms with Crippen molar-refractivity contribution in [2.75, 3.05) is 19.8 Å². The zero-order valence-corrected chi connectivity index (χ0v) is 12.4. The second kappa shape index (κ2) is 6.13. The van der Waals surface area contributed by atoms with E-state index in [1.54, 1.807) is 0 Å². The van der Waals surface area contributed by atoms with Gasteiger partial charge in [-0.3, -0.25) is 0 Å². The van der Waals surface area contributed by atoms with Crippen LogP contribution in [0.2, 0.25) is 0 Å². The first-order valence-corrected chi connectivity index (χ1v) is 7.18. The van der Waals surface area contributed by atoms with Crippen molar-refractivity contribution in [3.05, 3.63) is 35.4 Å². The molecule has 0 bridgehead atoms. The van der Waals surface area contributed by atoms with E-state index in [4.69, 9.17) is 9.47 Å². The molecule has 0 fully saturated rings. The van der Waals surface area contributed by atoms with Gasteiger partial charge in [-0.05, 0) is 37.6 Å². The molecule has 0 aliphatic carbocycles. The number of aromatic nitrogens is 3. The van der Waals surface area contributed by atoms with E-state index in [-0.39, 0.29) is 0 Å². The van der Waals surface area contributed by atoms with E-state index in [1.165, 1.54) is 5.56 Å². The SMILES string of the molecule is Cc1nnc(CNCCc2ccc3c(c2)OCCO3)n1C. The average molecular weight is 288 g/mol. The van der Waals surface area contributed by atoms with Crippen LogP contribution in [0.25, 0.3) is 0 Å². The highest BCUT2D eigenvalue weighted by molar-refractivity contribution is 5.43. The highest BCUT2D eigenvalue weighted by Crippen LogP contribution is 2.30. The largest absolute Gasteiger partial charge is 0.486 e. The number of hydrogen-bond donors (Lipinski definition) is 1. The fourth-order valence-corrected chi connectivity index (χ4v) is 2.28. The fraction of sp³-hybridized carbons (Fsp3) is 0.467. The zero-order valence-electron chi connectivity index (χ0n) is 12.4. The van der Waals surface area contributed by atoms with E-state index in [0.717, 1.165) is 42.7 Å². The molecule has 21 heavy (non-hydrogen) atoms. The molecule has 2 heterocycles. The molecular formula is C15H20N4O2. The van der Waals surface area contributed by atoms with E-state index in [0.29, 0.717) is 13.2 Å². The molecule has 0 amide bonds. The molecule has 112 valence electrons.